The summed E-state index contributed by atoms with van der Waals surface area (Å²) < 4.78 is 5.61. The molecule has 2 unspecified atom stereocenters. The van der Waals surface area contributed by atoms with Crippen molar-refractivity contribution in [3.8, 4) is 17.6 Å². The molecule has 1 aromatic carbocycles. The number of aliphatic hydroxyl groups excluding tert-OH is 1. The first-order chi connectivity index (χ1) is 8.13. The molecule has 0 aliphatic rings. The fraction of sp³-hybridized carbons (Fsp3) is 0.429. The maximum absolute atomic E-state index is 9.85. The summed E-state index contributed by atoms with van der Waals surface area (Å²) in [6.45, 7) is 3.63. The van der Waals surface area contributed by atoms with Gasteiger partial charge in [-0.1, -0.05) is 17.7 Å². The Morgan fingerprint density at radius 2 is 2.24 bits per heavy atom. The van der Waals surface area contributed by atoms with Gasteiger partial charge in [0.15, 0.2) is 0 Å². The highest BCUT2D eigenvalue weighted by Crippen LogP contribution is 2.19. The van der Waals surface area contributed by atoms with Gasteiger partial charge in [-0.05, 0) is 38.5 Å². The molecule has 1 aromatic rings. The molecular weight excluding hydrogens is 236 g/mol. The molecule has 0 fully saturated rings. The van der Waals surface area contributed by atoms with Crippen LogP contribution in [0.2, 0.25) is 5.02 Å². The van der Waals surface area contributed by atoms with E-state index in [-0.39, 0.29) is 6.10 Å². The highest BCUT2D eigenvalue weighted by Gasteiger charge is 2.15. The van der Waals surface area contributed by atoms with Crippen LogP contribution in [0.3, 0.4) is 0 Å². The molecule has 0 aliphatic carbocycles. The summed E-state index contributed by atoms with van der Waals surface area (Å²) in [4.78, 5) is 0. The highest BCUT2D eigenvalue weighted by molar-refractivity contribution is 6.30. The zero-order valence-electron chi connectivity index (χ0n) is 10.1. The largest absolute Gasteiger partial charge is 0.488 e. The summed E-state index contributed by atoms with van der Waals surface area (Å²) in [5, 5.41) is 10.5. The van der Waals surface area contributed by atoms with Crippen LogP contribution in [0.25, 0.3) is 0 Å². The van der Waals surface area contributed by atoms with Gasteiger partial charge < -0.3 is 9.84 Å². The van der Waals surface area contributed by atoms with Gasteiger partial charge in [0.2, 0.25) is 0 Å². The minimum absolute atomic E-state index is 0.271. The summed E-state index contributed by atoms with van der Waals surface area (Å²) in [6.07, 6.45) is 0.505. The minimum atomic E-state index is -0.519. The molecule has 0 heterocycles. The van der Waals surface area contributed by atoms with Crippen LogP contribution in [-0.2, 0) is 0 Å². The second-order valence-corrected chi connectivity index (χ2v) is 4.25. The molecule has 2 nitrogen and oxygen atoms in total. The number of aliphatic hydroxyl groups is 1. The third-order valence-electron chi connectivity index (χ3n) is 2.40. The van der Waals surface area contributed by atoms with Crippen molar-refractivity contribution in [1.82, 2.24) is 0 Å². The molecule has 0 aromatic heterocycles. The van der Waals surface area contributed by atoms with E-state index in [0.29, 0.717) is 23.6 Å². The Labute approximate surface area is 108 Å². The topological polar surface area (TPSA) is 29.5 Å². The lowest BCUT2D eigenvalue weighted by Gasteiger charge is -2.19. The Bertz CT molecular complexity index is 406. The molecule has 17 heavy (non-hydrogen) atoms. The number of hydrogen-bond donors (Lipinski definition) is 1. The van der Waals surface area contributed by atoms with Crippen LogP contribution in [0.1, 0.15) is 26.7 Å². The van der Waals surface area contributed by atoms with Gasteiger partial charge in [-0.3, -0.25) is 0 Å². The Morgan fingerprint density at radius 1 is 1.47 bits per heavy atom. The predicted octanol–water partition coefficient (Wildman–Crippen LogP) is 3.27. The maximum atomic E-state index is 9.85. The van der Waals surface area contributed by atoms with Crippen molar-refractivity contribution in [2.45, 2.75) is 38.9 Å². The van der Waals surface area contributed by atoms with Crippen molar-refractivity contribution in [3.63, 3.8) is 0 Å². The molecule has 0 aliphatic heterocycles. The minimum Gasteiger partial charge on any atom is -0.488 e. The second kappa shape index (κ2) is 7.21. The molecule has 0 radical (unpaired) electrons. The van der Waals surface area contributed by atoms with E-state index in [0.717, 1.165) is 0 Å². The molecule has 0 spiro atoms. The van der Waals surface area contributed by atoms with Gasteiger partial charge >= 0.3 is 0 Å². The van der Waals surface area contributed by atoms with Crippen LogP contribution >= 0.6 is 11.6 Å². The zero-order chi connectivity index (χ0) is 12.7. The zero-order valence-corrected chi connectivity index (χ0v) is 10.9. The lowest BCUT2D eigenvalue weighted by atomic mass is 10.1. The fourth-order valence-corrected chi connectivity index (χ4v) is 1.59. The quantitative estimate of drug-likeness (QED) is 0.815. The molecule has 1 rings (SSSR count). The maximum Gasteiger partial charge on any atom is 0.122 e. The van der Waals surface area contributed by atoms with E-state index in [9.17, 15) is 5.11 Å². The lowest BCUT2D eigenvalue weighted by molar-refractivity contribution is 0.0428. The normalized spacial score (nSPS) is 13.4. The van der Waals surface area contributed by atoms with Gasteiger partial charge in [0, 0.05) is 11.4 Å². The SMILES string of the molecule is CC#CCCC(O)C(C)Oc1cccc(Cl)c1. The van der Waals surface area contributed by atoms with Gasteiger partial charge in [-0.15, -0.1) is 11.8 Å². The Hall–Kier alpha value is -1.17. The van der Waals surface area contributed by atoms with Gasteiger partial charge in [-0.25, -0.2) is 0 Å². The van der Waals surface area contributed by atoms with E-state index >= 15 is 0 Å². The first-order valence-electron chi connectivity index (χ1n) is 5.63. The fourth-order valence-electron chi connectivity index (χ4n) is 1.41. The van der Waals surface area contributed by atoms with Gasteiger partial charge in [0.05, 0.1) is 6.10 Å². The smallest absolute Gasteiger partial charge is 0.122 e. The van der Waals surface area contributed by atoms with Gasteiger partial charge in [0.1, 0.15) is 11.9 Å². The van der Waals surface area contributed by atoms with E-state index in [1.165, 1.54) is 0 Å². The summed E-state index contributed by atoms with van der Waals surface area (Å²) >= 11 is 5.85. The van der Waals surface area contributed by atoms with E-state index in [4.69, 9.17) is 16.3 Å². The van der Waals surface area contributed by atoms with Crippen LogP contribution in [0.4, 0.5) is 0 Å². The molecule has 1 N–H and O–H groups in total. The van der Waals surface area contributed by atoms with Crippen LogP contribution in [0, 0.1) is 11.8 Å². The molecule has 0 amide bonds. The molecule has 3 heteroatoms. The van der Waals surface area contributed by atoms with Crippen LogP contribution < -0.4 is 4.74 Å². The number of rotatable bonds is 5. The van der Waals surface area contributed by atoms with Crippen molar-refractivity contribution in [2.75, 3.05) is 0 Å². The number of ether oxygens (including phenoxy) is 1. The summed E-state index contributed by atoms with van der Waals surface area (Å²) in [7, 11) is 0. The number of benzene rings is 1. The van der Waals surface area contributed by atoms with Crippen molar-refractivity contribution < 1.29 is 9.84 Å². The number of hydrogen-bond acceptors (Lipinski definition) is 2. The average Bonchev–Trinajstić information content (AvgIpc) is 2.29. The lowest BCUT2D eigenvalue weighted by Crippen LogP contribution is -2.28. The first kappa shape index (κ1) is 13.9. The Kier molecular flexibility index (Phi) is 5.90. The molecule has 0 bridgehead atoms. The molecular formula is C14H17ClO2. The van der Waals surface area contributed by atoms with Gasteiger partial charge in [-0.2, -0.15) is 0 Å². The van der Waals surface area contributed by atoms with E-state index in [2.05, 4.69) is 11.8 Å². The first-order valence-corrected chi connectivity index (χ1v) is 6.01. The summed E-state index contributed by atoms with van der Waals surface area (Å²) in [6, 6.07) is 7.16. The molecule has 92 valence electrons. The third kappa shape index (κ3) is 5.12. The van der Waals surface area contributed by atoms with Gasteiger partial charge in [0.25, 0.3) is 0 Å². The monoisotopic (exact) mass is 252 g/mol. The van der Waals surface area contributed by atoms with E-state index in [1.807, 2.05) is 19.1 Å². The Balaban J connectivity index is 2.47. The molecule has 0 saturated carbocycles. The third-order valence-corrected chi connectivity index (χ3v) is 2.64. The van der Waals surface area contributed by atoms with Crippen LogP contribution in [0.5, 0.6) is 5.75 Å². The summed E-state index contributed by atoms with van der Waals surface area (Å²) in [5.41, 5.74) is 0. The highest BCUT2D eigenvalue weighted by atomic mass is 35.5. The second-order valence-electron chi connectivity index (χ2n) is 3.81. The number of halogens is 1. The Morgan fingerprint density at radius 3 is 2.88 bits per heavy atom. The van der Waals surface area contributed by atoms with Crippen LogP contribution in [-0.4, -0.2) is 17.3 Å². The molecule has 2 atom stereocenters. The van der Waals surface area contributed by atoms with Crippen molar-refractivity contribution in [3.05, 3.63) is 29.3 Å². The molecule has 0 saturated heterocycles. The van der Waals surface area contributed by atoms with Crippen LogP contribution in [0.15, 0.2) is 24.3 Å². The van der Waals surface area contributed by atoms with Crippen molar-refractivity contribution in [2.24, 2.45) is 0 Å². The van der Waals surface area contributed by atoms with Crippen molar-refractivity contribution in [1.29, 1.82) is 0 Å². The van der Waals surface area contributed by atoms with E-state index < -0.39 is 6.10 Å². The summed E-state index contributed by atoms with van der Waals surface area (Å²) in [5.74, 6) is 6.39. The average molecular weight is 253 g/mol. The predicted molar refractivity (Wildman–Crippen MR) is 70.2 cm³/mol. The standard InChI is InChI=1S/C14H17ClO2/c1-3-4-5-9-14(16)11(2)17-13-8-6-7-12(15)10-13/h6-8,10-11,14,16H,5,9H2,1-2H3. The van der Waals surface area contributed by atoms with Crippen molar-refractivity contribution >= 4 is 11.6 Å². The van der Waals surface area contributed by atoms with E-state index in [1.54, 1.807) is 19.1 Å².